The Bertz CT molecular complexity index is 1310. The molecule has 0 saturated carbocycles. The standard InChI is InChI=1S/C22H37B9N6O/c1-36-11-15(10-33-36)13-2-3-14-9-32-18(34-16(14)8-13)35-17(38)12-4-6-37(7-5-12)22(30,31)19(23,20(24,25)26)21(27,28)29/h2-3,8-12H,4-7,23-31H2,1H3,(H,32,34,35,38). The van der Waals surface area contributed by atoms with Crippen molar-refractivity contribution in [2.45, 2.75) is 33.7 Å². The Balaban J connectivity index is 1.45. The Kier molecular flexibility index (Phi) is 7.63. The summed E-state index contributed by atoms with van der Waals surface area (Å²) in [4.78, 5) is 24.9. The number of rotatable bonds is 7. The van der Waals surface area contributed by atoms with Crippen molar-refractivity contribution in [2.24, 2.45) is 13.0 Å². The number of benzene rings is 1. The van der Waals surface area contributed by atoms with Gasteiger partial charge in [-0.05, 0) is 42.9 Å². The SMILES string of the molecule is BC(B)(B)C(B)(C(B)(B)B)C(B)(B)N1CCC(C(=O)Nc2ncc3ccc(-c4cnn(C)c4)cc3n2)CC1. The number of piperidine rings is 1. The normalized spacial score (nSPS) is 16.4. The van der Waals surface area contributed by atoms with Crippen molar-refractivity contribution in [1.82, 2.24) is 24.6 Å². The number of nitrogens with zero attached hydrogens (tertiary/aromatic N) is 5. The molecular weight excluding hydrogens is 462 g/mol. The van der Waals surface area contributed by atoms with E-state index in [9.17, 15) is 4.79 Å². The molecule has 1 aliphatic heterocycles. The van der Waals surface area contributed by atoms with Gasteiger partial charge in [0.1, 0.15) is 23.5 Å². The van der Waals surface area contributed by atoms with Gasteiger partial charge in [-0.3, -0.25) is 14.8 Å². The highest BCUT2D eigenvalue weighted by atomic mass is 16.2. The Labute approximate surface area is 235 Å². The smallest absolute Gasteiger partial charge is 0.229 e. The van der Waals surface area contributed by atoms with Gasteiger partial charge in [-0.1, -0.05) is 17.4 Å². The predicted molar refractivity (Wildman–Crippen MR) is 182 cm³/mol. The van der Waals surface area contributed by atoms with Gasteiger partial charge >= 0.3 is 0 Å². The van der Waals surface area contributed by atoms with E-state index in [0.29, 0.717) is 5.95 Å². The second-order valence-corrected chi connectivity index (χ2v) is 13.8. The summed E-state index contributed by atoms with van der Waals surface area (Å²) >= 11 is 0. The van der Waals surface area contributed by atoms with Crippen LogP contribution in [0, 0.1) is 5.92 Å². The predicted octanol–water partition coefficient (Wildman–Crippen LogP) is -5.66. The lowest BCUT2D eigenvalue weighted by Crippen LogP contribution is -2.67. The number of amides is 1. The van der Waals surface area contributed by atoms with Gasteiger partial charge in [-0.25, -0.2) is 9.97 Å². The molecule has 188 valence electrons. The molecule has 1 saturated heterocycles. The van der Waals surface area contributed by atoms with E-state index in [-0.39, 0.29) is 32.7 Å². The number of aryl methyl sites for hydroxylation is 1. The van der Waals surface area contributed by atoms with Crippen LogP contribution in [-0.2, 0) is 11.8 Å². The lowest BCUT2D eigenvalue weighted by molar-refractivity contribution is -0.121. The number of anilines is 1. The Morgan fingerprint density at radius 1 is 0.947 bits per heavy atom. The van der Waals surface area contributed by atoms with Crippen LogP contribution in [0.25, 0.3) is 22.0 Å². The van der Waals surface area contributed by atoms with Crippen LogP contribution in [0.15, 0.2) is 36.8 Å². The lowest BCUT2D eigenvalue weighted by atomic mass is 9.09. The molecule has 0 atom stereocenters. The number of likely N-dealkylation sites (tertiary alicyclic amines) is 1. The van der Waals surface area contributed by atoms with Crippen LogP contribution in [0.4, 0.5) is 5.95 Å². The molecule has 16 heteroatoms. The highest BCUT2D eigenvalue weighted by Gasteiger charge is 2.56. The van der Waals surface area contributed by atoms with E-state index in [1.54, 1.807) is 10.9 Å². The average Bonchev–Trinajstić information content (AvgIpc) is 3.28. The van der Waals surface area contributed by atoms with Crippen molar-refractivity contribution in [1.29, 1.82) is 0 Å². The molecule has 0 radical (unpaired) electrons. The highest BCUT2D eigenvalue weighted by molar-refractivity contribution is 6.71. The average molecular weight is 499 g/mol. The maximum absolute atomic E-state index is 13.2. The van der Waals surface area contributed by atoms with E-state index in [4.69, 9.17) is 0 Å². The molecule has 1 amide bonds. The van der Waals surface area contributed by atoms with Crippen molar-refractivity contribution in [2.75, 3.05) is 18.4 Å². The fourth-order valence-corrected chi connectivity index (χ4v) is 7.02. The summed E-state index contributed by atoms with van der Waals surface area (Å²) in [6.45, 7) is 1.81. The minimum absolute atomic E-state index is 0.0135. The van der Waals surface area contributed by atoms with Crippen LogP contribution in [0.3, 0.4) is 0 Å². The molecule has 1 aromatic carbocycles. The van der Waals surface area contributed by atoms with Gasteiger partial charge in [0.25, 0.3) is 0 Å². The topological polar surface area (TPSA) is 75.9 Å². The van der Waals surface area contributed by atoms with Crippen molar-refractivity contribution >= 4 is 93.4 Å². The summed E-state index contributed by atoms with van der Waals surface area (Å²) in [7, 11) is 23.3. The van der Waals surface area contributed by atoms with Crippen molar-refractivity contribution in [3.8, 4) is 11.1 Å². The Morgan fingerprint density at radius 2 is 1.58 bits per heavy atom. The highest BCUT2D eigenvalue weighted by Crippen LogP contribution is 2.61. The largest absolute Gasteiger partial charge is 0.313 e. The summed E-state index contributed by atoms with van der Waals surface area (Å²) in [5.41, 5.74) is 2.87. The first-order valence-corrected chi connectivity index (χ1v) is 13.9. The van der Waals surface area contributed by atoms with E-state index >= 15 is 0 Å². The van der Waals surface area contributed by atoms with E-state index in [1.165, 1.54) is 0 Å². The number of hydrogen-bond acceptors (Lipinski definition) is 5. The zero-order valence-corrected chi connectivity index (χ0v) is 25.0. The molecule has 3 aromatic rings. The van der Waals surface area contributed by atoms with Gasteiger partial charge in [-0.15, -0.1) is 10.2 Å². The van der Waals surface area contributed by atoms with Gasteiger partial charge in [0.2, 0.25) is 11.9 Å². The molecule has 1 N–H and O–H groups in total. The third kappa shape index (κ3) is 5.17. The number of carbonyl (C=O) groups excluding carboxylic acids is 1. The van der Waals surface area contributed by atoms with Crippen LogP contribution in [-0.4, -0.2) is 120 Å². The maximum atomic E-state index is 13.2. The van der Waals surface area contributed by atoms with Crippen molar-refractivity contribution in [3.63, 3.8) is 0 Å². The van der Waals surface area contributed by atoms with E-state index in [2.05, 4.69) is 95.9 Å². The number of aromatic nitrogens is 4. The molecule has 7 nitrogen and oxygen atoms in total. The van der Waals surface area contributed by atoms with Gasteiger partial charge in [0.05, 0.1) is 58.8 Å². The molecule has 1 fully saturated rings. The zero-order chi connectivity index (χ0) is 28.1. The van der Waals surface area contributed by atoms with Crippen LogP contribution >= 0.6 is 0 Å². The number of carbonyl (C=O) groups is 1. The molecule has 0 spiro atoms. The molecule has 0 unspecified atom stereocenters. The third-order valence-corrected chi connectivity index (χ3v) is 9.74. The molecule has 0 bridgehead atoms. The lowest BCUT2D eigenvalue weighted by Gasteiger charge is -2.66. The van der Waals surface area contributed by atoms with E-state index < -0.39 is 0 Å². The quantitative estimate of drug-likeness (QED) is 0.329. The minimum Gasteiger partial charge on any atom is -0.313 e. The summed E-state index contributed by atoms with van der Waals surface area (Å²) in [6, 6.07) is 6.07. The molecule has 3 heterocycles. The fraction of sp³-hybridized carbons (Fsp3) is 0.455. The van der Waals surface area contributed by atoms with Gasteiger partial charge in [0, 0.05) is 36.3 Å². The summed E-state index contributed by atoms with van der Waals surface area (Å²) < 4.78 is 1.78. The number of hydrogen-bond donors (Lipinski definition) is 1. The molecule has 1 aliphatic rings. The molecule has 2 aromatic heterocycles. The Hall–Kier alpha value is -2.22. The third-order valence-electron chi connectivity index (χ3n) is 9.74. The first-order chi connectivity index (χ1) is 17.5. The van der Waals surface area contributed by atoms with Gasteiger partial charge in [0.15, 0.2) is 0 Å². The van der Waals surface area contributed by atoms with E-state index in [1.807, 2.05) is 37.6 Å². The van der Waals surface area contributed by atoms with Crippen molar-refractivity contribution < 1.29 is 4.79 Å². The first-order valence-electron chi connectivity index (χ1n) is 13.9. The van der Waals surface area contributed by atoms with E-state index in [0.717, 1.165) is 48.0 Å². The van der Waals surface area contributed by atoms with Crippen LogP contribution in [0.1, 0.15) is 12.8 Å². The monoisotopic (exact) mass is 500 g/mol. The van der Waals surface area contributed by atoms with Crippen molar-refractivity contribution in [3.05, 3.63) is 36.8 Å². The van der Waals surface area contributed by atoms with Gasteiger partial charge in [-0.2, -0.15) is 5.10 Å². The molecular formula is C22H37B9N6O. The molecule has 38 heavy (non-hydrogen) atoms. The summed E-state index contributed by atoms with van der Waals surface area (Å²) in [6.07, 6.45) is 7.25. The second kappa shape index (κ2) is 10.1. The number of fused-ring (bicyclic) bond motifs is 1. The minimum atomic E-state index is -0.0430. The second-order valence-electron chi connectivity index (χ2n) is 13.8. The number of nitrogens with one attached hydrogen (secondary N) is 1. The molecule has 4 rings (SSSR count). The van der Waals surface area contributed by atoms with Crippen LogP contribution in [0.5, 0.6) is 0 Å². The first kappa shape index (κ1) is 28.8. The maximum Gasteiger partial charge on any atom is 0.229 e. The fourth-order valence-electron chi connectivity index (χ4n) is 7.02. The van der Waals surface area contributed by atoms with Gasteiger partial charge < -0.3 is 4.90 Å². The Morgan fingerprint density at radius 3 is 2.13 bits per heavy atom. The summed E-state index contributed by atoms with van der Waals surface area (Å²) in [5.74, 6) is 0.333. The van der Waals surface area contributed by atoms with Crippen LogP contribution < -0.4 is 5.32 Å². The molecule has 0 aliphatic carbocycles. The van der Waals surface area contributed by atoms with Crippen LogP contribution in [0.2, 0.25) is 15.5 Å². The zero-order valence-electron chi connectivity index (χ0n) is 25.0. The summed E-state index contributed by atoms with van der Waals surface area (Å²) in [5, 5.41) is 8.46.